The van der Waals surface area contributed by atoms with Crippen molar-refractivity contribution in [1.29, 1.82) is 0 Å². The first kappa shape index (κ1) is 14.1. The summed E-state index contributed by atoms with van der Waals surface area (Å²) in [4.78, 5) is 4.26. The van der Waals surface area contributed by atoms with Crippen LogP contribution in [0.1, 0.15) is 12.7 Å². The molecule has 9 heteroatoms. The van der Waals surface area contributed by atoms with Crippen molar-refractivity contribution in [1.82, 2.24) is 24.7 Å². The summed E-state index contributed by atoms with van der Waals surface area (Å²) in [7, 11) is 0. The SMILES string of the molecule is CCN1CCN(c2ccc3nnc(C(F)(F)F)n3n2)CC1. The average Bonchev–Trinajstić information content (AvgIpc) is 2.90. The van der Waals surface area contributed by atoms with E-state index < -0.39 is 12.0 Å². The second-order valence-electron chi connectivity index (χ2n) is 4.90. The third kappa shape index (κ3) is 2.65. The van der Waals surface area contributed by atoms with E-state index in [0.717, 1.165) is 37.2 Å². The highest BCUT2D eigenvalue weighted by Gasteiger charge is 2.37. The van der Waals surface area contributed by atoms with Crippen molar-refractivity contribution < 1.29 is 13.2 Å². The van der Waals surface area contributed by atoms with Gasteiger partial charge in [-0.3, -0.25) is 0 Å². The quantitative estimate of drug-likeness (QED) is 0.836. The fourth-order valence-corrected chi connectivity index (χ4v) is 2.42. The largest absolute Gasteiger partial charge is 0.453 e. The number of hydrogen-bond acceptors (Lipinski definition) is 5. The predicted molar refractivity (Wildman–Crippen MR) is 70.1 cm³/mol. The normalized spacial score (nSPS) is 17.6. The Bertz CT molecular complexity index is 629. The van der Waals surface area contributed by atoms with E-state index in [1.165, 1.54) is 6.07 Å². The number of hydrogen-bond donors (Lipinski definition) is 0. The van der Waals surface area contributed by atoms with Crippen LogP contribution in [-0.2, 0) is 6.18 Å². The van der Waals surface area contributed by atoms with E-state index in [-0.39, 0.29) is 5.65 Å². The molecular weight excluding hydrogens is 285 g/mol. The van der Waals surface area contributed by atoms with Gasteiger partial charge in [-0.2, -0.15) is 17.7 Å². The number of likely N-dealkylation sites (N-methyl/N-ethyl adjacent to an activating group) is 1. The second kappa shape index (κ2) is 5.14. The van der Waals surface area contributed by atoms with E-state index in [9.17, 15) is 13.2 Å². The summed E-state index contributed by atoms with van der Waals surface area (Å²) in [6.45, 7) is 6.32. The molecule has 0 aromatic carbocycles. The molecule has 6 nitrogen and oxygen atoms in total. The van der Waals surface area contributed by atoms with E-state index in [1.54, 1.807) is 6.07 Å². The molecule has 114 valence electrons. The maximum atomic E-state index is 12.8. The van der Waals surface area contributed by atoms with Crippen molar-refractivity contribution in [3.8, 4) is 0 Å². The predicted octanol–water partition coefficient (Wildman–Crippen LogP) is 1.28. The van der Waals surface area contributed by atoms with Crippen molar-refractivity contribution >= 4 is 11.5 Å². The molecule has 1 aliphatic heterocycles. The zero-order valence-electron chi connectivity index (χ0n) is 11.5. The van der Waals surface area contributed by atoms with Crippen LogP contribution in [-0.4, -0.2) is 57.4 Å². The summed E-state index contributed by atoms with van der Waals surface area (Å²) in [6.07, 6.45) is -4.56. The average molecular weight is 300 g/mol. The maximum absolute atomic E-state index is 12.8. The Morgan fingerprint density at radius 3 is 2.43 bits per heavy atom. The number of piperazine rings is 1. The fourth-order valence-electron chi connectivity index (χ4n) is 2.42. The van der Waals surface area contributed by atoms with Gasteiger partial charge in [0.1, 0.15) is 5.82 Å². The smallest absolute Gasteiger partial charge is 0.353 e. The highest BCUT2D eigenvalue weighted by Crippen LogP contribution is 2.28. The molecule has 1 fully saturated rings. The highest BCUT2D eigenvalue weighted by molar-refractivity contribution is 5.46. The first-order valence-corrected chi connectivity index (χ1v) is 6.76. The molecule has 21 heavy (non-hydrogen) atoms. The summed E-state index contributed by atoms with van der Waals surface area (Å²) in [5, 5.41) is 10.7. The van der Waals surface area contributed by atoms with E-state index in [4.69, 9.17) is 0 Å². The molecule has 1 aliphatic rings. The molecule has 0 bridgehead atoms. The molecule has 1 saturated heterocycles. The molecule has 0 spiro atoms. The van der Waals surface area contributed by atoms with Crippen LogP contribution in [0.15, 0.2) is 12.1 Å². The zero-order chi connectivity index (χ0) is 15.0. The molecule has 0 atom stereocenters. The lowest BCUT2D eigenvalue weighted by Gasteiger charge is -2.34. The minimum absolute atomic E-state index is 0.0956. The lowest BCUT2D eigenvalue weighted by molar-refractivity contribution is -0.146. The summed E-state index contributed by atoms with van der Waals surface area (Å²) < 4.78 is 39.3. The molecule has 3 heterocycles. The Kier molecular flexibility index (Phi) is 3.44. The number of aromatic nitrogens is 4. The molecule has 0 radical (unpaired) electrons. The lowest BCUT2D eigenvalue weighted by Crippen LogP contribution is -2.46. The molecule has 0 aliphatic carbocycles. The molecule has 3 rings (SSSR count). The van der Waals surface area contributed by atoms with Gasteiger partial charge in [-0.15, -0.1) is 15.3 Å². The third-order valence-electron chi connectivity index (χ3n) is 3.65. The molecule has 0 N–H and O–H groups in total. The first-order valence-electron chi connectivity index (χ1n) is 6.76. The number of fused-ring (bicyclic) bond motifs is 1. The van der Waals surface area contributed by atoms with E-state index in [0.29, 0.717) is 5.82 Å². The van der Waals surface area contributed by atoms with Crippen molar-refractivity contribution in [2.75, 3.05) is 37.6 Å². The molecule has 0 saturated carbocycles. The molecule has 0 unspecified atom stereocenters. The Hall–Kier alpha value is -1.90. The van der Waals surface area contributed by atoms with Gasteiger partial charge in [-0.05, 0) is 18.7 Å². The second-order valence-corrected chi connectivity index (χ2v) is 4.90. The monoisotopic (exact) mass is 300 g/mol. The van der Waals surface area contributed by atoms with Gasteiger partial charge in [0.2, 0.25) is 0 Å². The molecule has 2 aromatic rings. The van der Waals surface area contributed by atoms with Crippen molar-refractivity contribution in [3.05, 3.63) is 18.0 Å². The van der Waals surface area contributed by atoms with Crippen LogP contribution in [0, 0.1) is 0 Å². The van der Waals surface area contributed by atoms with Crippen LogP contribution in [0.25, 0.3) is 5.65 Å². The van der Waals surface area contributed by atoms with Gasteiger partial charge < -0.3 is 9.80 Å². The van der Waals surface area contributed by atoms with Gasteiger partial charge in [-0.1, -0.05) is 6.92 Å². The van der Waals surface area contributed by atoms with Crippen LogP contribution >= 0.6 is 0 Å². The summed E-state index contributed by atoms with van der Waals surface area (Å²) in [6, 6.07) is 3.20. The topological polar surface area (TPSA) is 49.6 Å². The zero-order valence-corrected chi connectivity index (χ0v) is 11.5. The number of anilines is 1. The summed E-state index contributed by atoms with van der Waals surface area (Å²) in [5.41, 5.74) is 0.0956. The van der Waals surface area contributed by atoms with Crippen molar-refractivity contribution in [3.63, 3.8) is 0 Å². The number of rotatable bonds is 2. The van der Waals surface area contributed by atoms with Gasteiger partial charge in [0.25, 0.3) is 5.82 Å². The minimum atomic E-state index is -4.56. The van der Waals surface area contributed by atoms with Crippen LogP contribution in [0.5, 0.6) is 0 Å². The Morgan fingerprint density at radius 1 is 1.10 bits per heavy atom. The number of alkyl halides is 3. The van der Waals surface area contributed by atoms with E-state index in [2.05, 4.69) is 27.1 Å². The third-order valence-corrected chi connectivity index (χ3v) is 3.65. The van der Waals surface area contributed by atoms with Crippen LogP contribution < -0.4 is 4.90 Å². The Balaban J connectivity index is 1.90. The van der Waals surface area contributed by atoms with Crippen LogP contribution in [0.4, 0.5) is 19.0 Å². The van der Waals surface area contributed by atoms with E-state index >= 15 is 0 Å². The van der Waals surface area contributed by atoms with Crippen LogP contribution in [0.2, 0.25) is 0 Å². The van der Waals surface area contributed by atoms with Gasteiger partial charge in [0.05, 0.1) is 0 Å². The highest BCUT2D eigenvalue weighted by atomic mass is 19.4. The van der Waals surface area contributed by atoms with Gasteiger partial charge >= 0.3 is 6.18 Å². The Morgan fingerprint density at radius 2 is 1.81 bits per heavy atom. The minimum Gasteiger partial charge on any atom is -0.353 e. The first-order chi connectivity index (χ1) is 9.99. The fraction of sp³-hybridized carbons (Fsp3) is 0.583. The van der Waals surface area contributed by atoms with Gasteiger partial charge in [0.15, 0.2) is 5.65 Å². The molecule has 0 amide bonds. The van der Waals surface area contributed by atoms with Gasteiger partial charge in [-0.25, -0.2) is 0 Å². The molecule has 2 aromatic heterocycles. The Labute approximate surface area is 119 Å². The number of nitrogens with zero attached hydrogens (tertiary/aromatic N) is 6. The maximum Gasteiger partial charge on any atom is 0.453 e. The lowest BCUT2D eigenvalue weighted by atomic mass is 10.3. The van der Waals surface area contributed by atoms with Crippen molar-refractivity contribution in [2.24, 2.45) is 0 Å². The summed E-state index contributed by atoms with van der Waals surface area (Å²) >= 11 is 0. The molecular formula is C12H15F3N6. The number of halogens is 3. The standard InChI is InChI=1S/C12H15F3N6/c1-2-19-5-7-20(8-6-19)10-4-3-9-16-17-11(12(13,14)15)21(9)18-10/h3-4H,2,5-8H2,1H3. The van der Waals surface area contributed by atoms with Gasteiger partial charge in [0, 0.05) is 26.2 Å². The van der Waals surface area contributed by atoms with Crippen molar-refractivity contribution in [2.45, 2.75) is 13.1 Å². The summed E-state index contributed by atoms with van der Waals surface area (Å²) in [5.74, 6) is -0.574. The van der Waals surface area contributed by atoms with Crippen LogP contribution in [0.3, 0.4) is 0 Å². The van der Waals surface area contributed by atoms with E-state index in [1.807, 2.05) is 4.90 Å².